The van der Waals surface area contributed by atoms with Gasteiger partial charge in [0.1, 0.15) is 5.67 Å². The van der Waals surface area contributed by atoms with Gasteiger partial charge in [0.2, 0.25) is 0 Å². The van der Waals surface area contributed by atoms with Crippen molar-refractivity contribution in [3.05, 3.63) is 69.0 Å². The predicted octanol–water partition coefficient (Wildman–Crippen LogP) is 1.35. The molecule has 0 bridgehead atoms. The third-order valence-corrected chi connectivity index (χ3v) is 4.40. The van der Waals surface area contributed by atoms with Gasteiger partial charge >= 0.3 is 11.7 Å². The maximum Gasteiger partial charge on any atom is 0.331 e. The number of benzene rings is 1. The molecule has 0 radical (unpaired) electrons. The number of esters is 1. The Morgan fingerprint density at radius 3 is 2.68 bits per heavy atom. The zero-order valence-electron chi connectivity index (χ0n) is 13.9. The monoisotopic (exact) mass is 346 g/mol. The van der Waals surface area contributed by atoms with E-state index in [1.54, 1.807) is 0 Å². The van der Waals surface area contributed by atoms with Gasteiger partial charge in [-0.1, -0.05) is 30.3 Å². The standard InChI is InChI=1S/C18H19FN2O4/c1-13(22)25-11-15-9-18(15,19)12-20-8-7-16(23)21(17(20)24)10-14-5-3-2-4-6-14/h2-8,15H,9-12H2,1H3/t15-,18+/m0/s1. The number of hydrogen-bond acceptors (Lipinski definition) is 4. The minimum absolute atomic E-state index is 0.00420. The molecule has 1 aliphatic rings. The van der Waals surface area contributed by atoms with Crippen molar-refractivity contribution in [3.63, 3.8) is 0 Å². The molecule has 2 aromatic rings. The van der Waals surface area contributed by atoms with E-state index in [4.69, 9.17) is 4.74 Å². The van der Waals surface area contributed by atoms with Crippen LogP contribution in [0.4, 0.5) is 4.39 Å². The fourth-order valence-corrected chi connectivity index (χ4v) is 2.84. The lowest BCUT2D eigenvalue weighted by atomic mass is 10.2. The lowest BCUT2D eigenvalue weighted by molar-refractivity contribution is -0.141. The highest BCUT2D eigenvalue weighted by Gasteiger charge is 2.56. The number of aromatic nitrogens is 2. The number of halogens is 1. The number of ether oxygens (including phenoxy) is 1. The van der Waals surface area contributed by atoms with Crippen LogP contribution in [0.2, 0.25) is 0 Å². The van der Waals surface area contributed by atoms with E-state index in [0.717, 1.165) is 10.1 Å². The molecule has 1 aromatic carbocycles. The van der Waals surface area contributed by atoms with Crippen molar-refractivity contribution in [1.82, 2.24) is 9.13 Å². The summed E-state index contributed by atoms with van der Waals surface area (Å²) in [5, 5.41) is 0. The molecule has 25 heavy (non-hydrogen) atoms. The molecule has 1 aliphatic carbocycles. The summed E-state index contributed by atoms with van der Waals surface area (Å²) >= 11 is 0. The molecule has 2 atom stereocenters. The van der Waals surface area contributed by atoms with E-state index in [-0.39, 0.29) is 26.1 Å². The lowest BCUT2D eigenvalue weighted by Crippen LogP contribution is -2.41. The Kier molecular flexibility index (Phi) is 4.57. The smallest absolute Gasteiger partial charge is 0.331 e. The highest BCUT2D eigenvalue weighted by molar-refractivity contribution is 5.65. The number of carbonyl (C=O) groups excluding carboxylic acids is 1. The predicted molar refractivity (Wildman–Crippen MR) is 89.1 cm³/mol. The van der Waals surface area contributed by atoms with E-state index in [9.17, 15) is 18.8 Å². The van der Waals surface area contributed by atoms with Gasteiger partial charge in [0, 0.05) is 25.1 Å². The molecule has 132 valence electrons. The SMILES string of the molecule is CC(=O)OC[C@@H]1C[C@@]1(F)Cn1ccc(=O)n(Cc2ccccc2)c1=O. The molecule has 1 saturated carbocycles. The molecule has 3 rings (SSSR count). The van der Waals surface area contributed by atoms with Crippen molar-refractivity contribution < 1.29 is 13.9 Å². The second-order valence-electron chi connectivity index (χ2n) is 6.37. The van der Waals surface area contributed by atoms with E-state index in [1.807, 2.05) is 30.3 Å². The van der Waals surface area contributed by atoms with Crippen LogP contribution in [0, 0.1) is 5.92 Å². The summed E-state index contributed by atoms with van der Waals surface area (Å²) in [5.41, 5.74) is -1.75. The molecule has 0 aliphatic heterocycles. The van der Waals surface area contributed by atoms with Gasteiger partial charge in [0.05, 0.1) is 19.7 Å². The molecule has 0 spiro atoms. The summed E-state index contributed by atoms with van der Waals surface area (Å²) in [6.07, 6.45) is 1.54. The largest absolute Gasteiger partial charge is 0.465 e. The van der Waals surface area contributed by atoms with Gasteiger partial charge in [-0.2, -0.15) is 0 Å². The third kappa shape index (κ3) is 3.87. The average molecular weight is 346 g/mol. The van der Waals surface area contributed by atoms with Crippen LogP contribution in [0.3, 0.4) is 0 Å². The van der Waals surface area contributed by atoms with E-state index < -0.39 is 28.8 Å². The van der Waals surface area contributed by atoms with Gasteiger partial charge in [0.25, 0.3) is 5.56 Å². The minimum Gasteiger partial charge on any atom is -0.465 e. The fraction of sp³-hybridized carbons (Fsp3) is 0.389. The molecule has 6 nitrogen and oxygen atoms in total. The summed E-state index contributed by atoms with van der Waals surface area (Å²) in [4.78, 5) is 35.4. The van der Waals surface area contributed by atoms with E-state index in [2.05, 4.69) is 0 Å². The van der Waals surface area contributed by atoms with Crippen LogP contribution in [0.15, 0.2) is 52.2 Å². The molecule has 1 heterocycles. The number of alkyl halides is 1. The quantitative estimate of drug-likeness (QED) is 0.741. The Morgan fingerprint density at radius 2 is 2.00 bits per heavy atom. The minimum atomic E-state index is -1.59. The number of nitrogens with zero attached hydrogens (tertiary/aromatic N) is 2. The zero-order chi connectivity index (χ0) is 18.0. The highest BCUT2D eigenvalue weighted by atomic mass is 19.1. The first kappa shape index (κ1) is 17.1. The van der Waals surface area contributed by atoms with Gasteiger partial charge in [-0.05, 0) is 12.0 Å². The maximum atomic E-state index is 14.7. The van der Waals surface area contributed by atoms with Crippen molar-refractivity contribution in [1.29, 1.82) is 0 Å². The number of hydrogen-bond donors (Lipinski definition) is 0. The molecular formula is C18H19FN2O4. The van der Waals surface area contributed by atoms with Crippen molar-refractivity contribution >= 4 is 5.97 Å². The molecule has 0 saturated heterocycles. The molecule has 1 fully saturated rings. The lowest BCUT2D eigenvalue weighted by Gasteiger charge is -2.13. The average Bonchev–Trinajstić information content (AvgIpc) is 3.23. The van der Waals surface area contributed by atoms with Gasteiger partial charge in [-0.3, -0.25) is 18.7 Å². The second-order valence-corrected chi connectivity index (χ2v) is 6.37. The van der Waals surface area contributed by atoms with Crippen LogP contribution in [-0.4, -0.2) is 27.4 Å². The van der Waals surface area contributed by atoms with Crippen LogP contribution < -0.4 is 11.2 Å². The van der Waals surface area contributed by atoms with Crippen LogP contribution in [0.5, 0.6) is 0 Å². The summed E-state index contributed by atoms with van der Waals surface area (Å²) in [7, 11) is 0. The zero-order valence-corrected chi connectivity index (χ0v) is 13.9. The van der Waals surface area contributed by atoms with Crippen LogP contribution in [-0.2, 0) is 22.6 Å². The van der Waals surface area contributed by atoms with Crippen molar-refractivity contribution in [2.45, 2.75) is 32.1 Å². The normalized spacial score (nSPS) is 21.8. The van der Waals surface area contributed by atoms with E-state index in [0.29, 0.717) is 0 Å². The Balaban J connectivity index is 1.78. The Hall–Kier alpha value is -2.70. The van der Waals surface area contributed by atoms with Crippen LogP contribution in [0.1, 0.15) is 18.9 Å². The molecular weight excluding hydrogens is 327 g/mol. The summed E-state index contributed by atoms with van der Waals surface area (Å²) in [6.45, 7) is 1.25. The van der Waals surface area contributed by atoms with Gasteiger partial charge in [-0.15, -0.1) is 0 Å². The van der Waals surface area contributed by atoms with Gasteiger partial charge in [0.15, 0.2) is 0 Å². The summed E-state index contributed by atoms with van der Waals surface area (Å²) in [6, 6.07) is 10.4. The van der Waals surface area contributed by atoms with Gasteiger partial charge in [-0.25, -0.2) is 9.18 Å². The van der Waals surface area contributed by atoms with Crippen molar-refractivity contribution in [2.75, 3.05) is 6.61 Å². The van der Waals surface area contributed by atoms with Crippen LogP contribution in [0.25, 0.3) is 0 Å². The first-order valence-corrected chi connectivity index (χ1v) is 8.05. The Morgan fingerprint density at radius 1 is 1.28 bits per heavy atom. The topological polar surface area (TPSA) is 70.3 Å². The summed E-state index contributed by atoms with van der Waals surface area (Å²) < 4.78 is 21.8. The van der Waals surface area contributed by atoms with Crippen LogP contribution >= 0.6 is 0 Å². The highest BCUT2D eigenvalue weighted by Crippen LogP contribution is 2.48. The van der Waals surface area contributed by atoms with Crippen molar-refractivity contribution in [3.8, 4) is 0 Å². The summed E-state index contributed by atoms with van der Waals surface area (Å²) in [5.74, 6) is -0.874. The first-order chi connectivity index (χ1) is 11.9. The third-order valence-electron chi connectivity index (χ3n) is 4.40. The van der Waals surface area contributed by atoms with E-state index in [1.165, 1.54) is 23.8 Å². The molecule has 0 amide bonds. The van der Waals surface area contributed by atoms with Crippen molar-refractivity contribution in [2.24, 2.45) is 5.92 Å². The second kappa shape index (κ2) is 6.66. The fourth-order valence-electron chi connectivity index (χ4n) is 2.84. The van der Waals surface area contributed by atoms with Gasteiger partial charge < -0.3 is 4.74 Å². The first-order valence-electron chi connectivity index (χ1n) is 8.05. The molecule has 0 unspecified atom stereocenters. The number of carbonyl (C=O) groups is 1. The molecule has 1 aromatic heterocycles. The number of rotatable bonds is 6. The Bertz CT molecular complexity index is 890. The molecule has 0 N–H and O–H groups in total. The Labute approximate surface area is 143 Å². The van der Waals surface area contributed by atoms with E-state index >= 15 is 0 Å². The maximum absolute atomic E-state index is 14.7. The molecule has 7 heteroatoms.